The van der Waals surface area contributed by atoms with E-state index in [1.165, 1.54) is 36.9 Å². The largest absolute Gasteiger partial charge is 0.385 e. The van der Waals surface area contributed by atoms with Crippen LogP contribution in [0.5, 0.6) is 0 Å². The van der Waals surface area contributed by atoms with Crippen molar-refractivity contribution < 1.29 is 4.74 Å². The zero-order chi connectivity index (χ0) is 17.8. The lowest BCUT2D eigenvalue weighted by molar-refractivity contribution is -0.0809. The number of aromatic nitrogens is 1. The highest BCUT2D eigenvalue weighted by Crippen LogP contribution is 2.45. The van der Waals surface area contributed by atoms with Crippen LogP contribution in [0.4, 0.5) is 5.69 Å². The van der Waals surface area contributed by atoms with Crippen molar-refractivity contribution in [3.8, 4) is 0 Å². The molecule has 1 aromatic heterocycles. The van der Waals surface area contributed by atoms with Crippen molar-refractivity contribution in [1.82, 2.24) is 4.98 Å². The monoisotopic (exact) mass is 406 g/mol. The maximum Gasteiger partial charge on any atom is 0.0689 e. The minimum absolute atomic E-state index is 0. The molecule has 146 valence electrons. The van der Waals surface area contributed by atoms with E-state index in [1.54, 1.807) is 0 Å². The maximum absolute atomic E-state index is 6.22. The number of benzene rings is 1. The third kappa shape index (κ3) is 4.96. The van der Waals surface area contributed by atoms with Crippen molar-refractivity contribution in [1.29, 1.82) is 0 Å². The van der Waals surface area contributed by atoms with Gasteiger partial charge in [0.1, 0.15) is 0 Å². The summed E-state index contributed by atoms with van der Waals surface area (Å²) < 4.78 is 6.22. The van der Waals surface area contributed by atoms with Gasteiger partial charge in [0.15, 0.2) is 0 Å². The fourth-order valence-electron chi connectivity index (χ4n) is 4.60. The average Bonchev–Trinajstić information content (AvgIpc) is 3.10. The molecule has 2 aliphatic rings. The van der Waals surface area contributed by atoms with E-state index in [0.717, 1.165) is 43.1 Å². The van der Waals surface area contributed by atoms with Gasteiger partial charge in [-0.25, -0.2) is 0 Å². The van der Waals surface area contributed by atoms with E-state index in [9.17, 15) is 0 Å². The second-order valence-corrected chi connectivity index (χ2v) is 8.10. The fraction of sp³-hybridized carbons (Fsp3) is 0.500. The number of pyridine rings is 1. The Labute approximate surface area is 173 Å². The van der Waals surface area contributed by atoms with Crippen molar-refractivity contribution in [2.45, 2.75) is 56.5 Å². The number of nitrogens with one attached hydrogen (secondary N) is 1. The number of rotatable bonds is 5. The first-order valence-electron chi connectivity index (χ1n) is 9.81. The van der Waals surface area contributed by atoms with Gasteiger partial charge in [0, 0.05) is 41.7 Å². The van der Waals surface area contributed by atoms with Crippen LogP contribution < -0.4 is 5.32 Å². The highest BCUT2D eigenvalue weighted by Gasteiger charge is 2.40. The molecule has 1 spiro atoms. The second kappa shape index (κ2) is 9.27. The predicted molar refractivity (Wildman–Crippen MR) is 114 cm³/mol. The summed E-state index contributed by atoms with van der Waals surface area (Å²) in [4.78, 5) is 4.79. The Morgan fingerprint density at radius 1 is 1.19 bits per heavy atom. The zero-order valence-corrected chi connectivity index (χ0v) is 17.2. The Balaban J connectivity index is 0.00000210. The molecule has 2 aromatic rings. The van der Waals surface area contributed by atoms with Crippen LogP contribution in [0.15, 0.2) is 42.6 Å². The minimum Gasteiger partial charge on any atom is -0.385 e. The molecule has 3 nitrogen and oxygen atoms in total. The van der Waals surface area contributed by atoms with E-state index in [2.05, 4.69) is 23.5 Å². The molecule has 2 fully saturated rings. The van der Waals surface area contributed by atoms with Gasteiger partial charge < -0.3 is 10.1 Å². The zero-order valence-electron chi connectivity index (χ0n) is 15.6. The summed E-state index contributed by atoms with van der Waals surface area (Å²) in [7, 11) is 0. The number of hydrogen-bond acceptors (Lipinski definition) is 3. The molecule has 1 saturated heterocycles. The molecule has 1 aromatic carbocycles. The second-order valence-electron chi connectivity index (χ2n) is 7.66. The molecule has 1 unspecified atom stereocenters. The van der Waals surface area contributed by atoms with E-state index in [-0.39, 0.29) is 18.0 Å². The van der Waals surface area contributed by atoms with E-state index in [4.69, 9.17) is 21.3 Å². The lowest BCUT2D eigenvalue weighted by atomic mass is 9.81. The Hall–Kier alpha value is -1.29. The van der Waals surface area contributed by atoms with Gasteiger partial charge in [0.05, 0.1) is 5.60 Å². The van der Waals surface area contributed by atoms with Gasteiger partial charge >= 0.3 is 0 Å². The Morgan fingerprint density at radius 2 is 2.04 bits per heavy atom. The Bertz CT molecular complexity index is 747. The smallest absolute Gasteiger partial charge is 0.0689 e. The third-order valence-electron chi connectivity index (χ3n) is 5.87. The quantitative estimate of drug-likeness (QED) is 0.658. The molecule has 5 heteroatoms. The van der Waals surface area contributed by atoms with Crippen molar-refractivity contribution in [3.63, 3.8) is 0 Å². The van der Waals surface area contributed by atoms with Crippen molar-refractivity contribution in [2.75, 3.05) is 18.5 Å². The van der Waals surface area contributed by atoms with Gasteiger partial charge in [0.2, 0.25) is 0 Å². The number of halogens is 2. The predicted octanol–water partition coefficient (Wildman–Crippen LogP) is 6.02. The molecule has 1 saturated carbocycles. The maximum atomic E-state index is 6.22. The van der Waals surface area contributed by atoms with Crippen LogP contribution >= 0.6 is 24.0 Å². The molecule has 0 radical (unpaired) electrons. The molecular weight excluding hydrogens is 379 g/mol. The van der Waals surface area contributed by atoms with Crippen LogP contribution in [0, 0.1) is 0 Å². The van der Waals surface area contributed by atoms with Crippen LogP contribution in [0.1, 0.15) is 55.7 Å². The van der Waals surface area contributed by atoms with Gasteiger partial charge in [-0.1, -0.05) is 36.6 Å². The normalized spacial score (nSPS) is 21.0. The Morgan fingerprint density at radius 3 is 2.85 bits per heavy atom. The summed E-state index contributed by atoms with van der Waals surface area (Å²) in [5.74, 6) is 0.532. The molecule has 27 heavy (non-hydrogen) atoms. The molecular formula is C22H28Cl2N2O. The molecule has 1 N–H and O–H groups in total. The Kier molecular flexibility index (Phi) is 7.02. The summed E-state index contributed by atoms with van der Waals surface area (Å²) in [5, 5.41) is 4.24. The van der Waals surface area contributed by atoms with Gasteiger partial charge in [-0.15, -0.1) is 12.4 Å². The van der Waals surface area contributed by atoms with Crippen molar-refractivity contribution >= 4 is 29.7 Å². The summed E-state index contributed by atoms with van der Waals surface area (Å²) in [6.07, 6.45) is 10.2. The lowest BCUT2D eigenvalue weighted by Crippen LogP contribution is -2.36. The molecule has 4 rings (SSSR count). The van der Waals surface area contributed by atoms with E-state index >= 15 is 0 Å². The molecule has 1 aliphatic heterocycles. The highest BCUT2D eigenvalue weighted by atomic mass is 35.5. The van der Waals surface area contributed by atoms with Crippen LogP contribution in [-0.2, 0) is 11.2 Å². The summed E-state index contributed by atoms with van der Waals surface area (Å²) in [6, 6.07) is 12.2. The minimum atomic E-state index is 0. The highest BCUT2D eigenvalue weighted by molar-refractivity contribution is 6.30. The van der Waals surface area contributed by atoms with E-state index < -0.39 is 0 Å². The SMILES string of the molecule is Cl.Clc1cccc(NCCc2cccnc2C2CCOC3(CCCC3)C2)c1. The van der Waals surface area contributed by atoms with Crippen molar-refractivity contribution in [3.05, 3.63) is 58.9 Å². The van der Waals surface area contributed by atoms with Crippen LogP contribution in [0.3, 0.4) is 0 Å². The molecule has 1 atom stereocenters. The van der Waals surface area contributed by atoms with Crippen LogP contribution in [-0.4, -0.2) is 23.7 Å². The topological polar surface area (TPSA) is 34.2 Å². The van der Waals surface area contributed by atoms with E-state index in [0.29, 0.717) is 5.92 Å². The number of ether oxygens (including phenoxy) is 1. The van der Waals surface area contributed by atoms with Gasteiger partial charge in [-0.05, 0) is 61.9 Å². The molecule has 0 bridgehead atoms. The van der Waals surface area contributed by atoms with Crippen LogP contribution in [0.2, 0.25) is 5.02 Å². The fourth-order valence-corrected chi connectivity index (χ4v) is 4.79. The summed E-state index contributed by atoms with van der Waals surface area (Å²) in [5.41, 5.74) is 3.85. The summed E-state index contributed by atoms with van der Waals surface area (Å²) >= 11 is 6.06. The van der Waals surface area contributed by atoms with Crippen LogP contribution in [0.25, 0.3) is 0 Å². The molecule has 0 amide bonds. The van der Waals surface area contributed by atoms with E-state index in [1.807, 2.05) is 24.4 Å². The summed E-state index contributed by atoms with van der Waals surface area (Å²) in [6.45, 7) is 1.76. The van der Waals surface area contributed by atoms with Gasteiger partial charge in [0.25, 0.3) is 0 Å². The standard InChI is InChI=1S/C22H27ClN2O.ClH/c23-19-6-3-7-20(15-19)24-13-8-17-5-4-12-25-21(17)18-9-14-26-22(16-18)10-1-2-11-22;/h3-7,12,15,18,24H,1-2,8-11,13-14,16H2;1H. The molecule has 2 heterocycles. The molecule has 1 aliphatic carbocycles. The first kappa shape index (κ1) is 20.4. The van der Waals surface area contributed by atoms with Crippen molar-refractivity contribution in [2.24, 2.45) is 0 Å². The third-order valence-corrected chi connectivity index (χ3v) is 6.10. The average molecular weight is 407 g/mol. The first-order valence-corrected chi connectivity index (χ1v) is 10.2. The number of hydrogen-bond donors (Lipinski definition) is 1. The number of anilines is 1. The first-order chi connectivity index (χ1) is 12.7. The number of nitrogens with zero attached hydrogens (tertiary/aromatic N) is 1. The van der Waals surface area contributed by atoms with Gasteiger partial charge in [-0.2, -0.15) is 0 Å². The lowest BCUT2D eigenvalue weighted by Gasteiger charge is -2.38. The van der Waals surface area contributed by atoms with Gasteiger partial charge in [-0.3, -0.25) is 4.98 Å².